The number of ketones is 1. The number of hydrogen-bond donors (Lipinski definition) is 1. The number of amides is 1. The molecule has 6 heteroatoms. The fourth-order valence-corrected chi connectivity index (χ4v) is 4.71. The van der Waals surface area contributed by atoms with Crippen molar-refractivity contribution in [3.63, 3.8) is 0 Å². The van der Waals surface area contributed by atoms with Crippen LogP contribution in [-0.2, 0) is 16.0 Å². The minimum absolute atomic E-state index is 0.0360. The first-order valence-electron chi connectivity index (χ1n) is 11.4. The summed E-state index contributed by atoms with van der Waals surface area (Å²) in [4.78, 5) is 25.0. The monoisotopic (exact) mass is 457 g/mol. The van der Waals surface area contributed by atoms with Gasteiger partial charge in [0.2, 0.25) is 5.79 Å². The highest BCUT2D eigenvalue weighted by Gasteiger charge is 2.32. The first kappa shape index (κ1) is 22.0. The highest BCUT2D eigenvalue weighted by molar-refractivity contribution is 5.86. The van der Waals surface area contributed by atoms with Crippen molar-refractivity contribution in [3.8, 4) is 22.6 Å². The molecule has 5 rings (SSSR count). The van der Waals surface area contributed by atoms with E-state index >= 15 is 0 Å². The number of carbonyl (C=O) groups is 2. The molecule has 1 amide bonds. The van der Waals surface area contributed by atoms with Gasteiger partial charge in [-0.25, -0.2) is 4.79 Å². The SMILES string of the molecule is CC(=O)[C@H](Cc1ccc2c(c1)OC(C)(C)O2)NC(=O)OCC1c2ccccc2-c2ccccc21. The zero-order chi connectivity index (χ0) is 23.9. The summed E-state index contributed by atoms with van der Waals surface area (Å²) in [5.41, 5.74) is 5.48. The molecule has 34 heavy (non-hydrogen) atoms. The fraction of sp³-hybridized carbons (Fsp3) is 0.286. The predicted octanol–water partition coefficient (Wildman–Crippen LogP) is 5.23. The third-order valence-electron chi connectivity index (χ3n) is 6.29. The molecule has 1 atom stereocenters. The molecule has 0 saturated heterocycles. The van der Waals surface area contributed by atoms with E-state index in [0.717, 1.165) is 16.7 Å². The fourth-order valence-electron chi connectivity index (χ4n) is 4.71. The van der Waals surface area contributed by atoms with Gasteiger partial charge in [0.05, 0.1) is 6.04 Å². The molecule has 1 heterocycles. The van der Waals surface area contributed by atoms with Crippen LogP contribution in [0, 0.1) is 0 Å². The number of hydrogen-bond acceptors (Lipinski definition) is 5. The van der Waals surface area contributed by atoms with Crippen molar-refractivity contribution >= 4 is 11.9 Å². The lowest BCUT2D eigenvalue weighted by molar-refractivity contribution is -0.118. The second kappa shape index (κ2) is 8.52. The van der Waals surface area contributed by atoms with Crippen LogP contribution in [0.25, 0.3) is 11.1 Å². The van der Waals surface area contributed by atoms with Gasteiger partial charge in [0.1, 0.15) is 6.61 Å². The van der Waals surface area contributed by atoms with Crippen LogP contribution < -0.4 is 14.8 Å². The Balaban J connectivity index is 1.25. The second-order valence-electron chi connectivity index (χ2n) is 9.22. The minimum atomic E-state index is -0.722. The van der Waals surface area contributed by atoms with Crippen LogP contribution in [0.4, 0.5) is 4.79 Å². The molecule has 3 aromatic carbocycles. The Labute approximate surface area is 198 Å². The van der Waals surface area contributed by atoms with E-state index in [0.29, 0.717) is 17.9 Å². The maximum atomic E-state index is 12.7. The Bertz CT molecular complexity index is 1220. The lowest BCUT2D eigenvalue weighted by atomic mass is 9.98. The van der Waals surface area contributed by atoms with Gasteiger partial charge in [-0.15, -0.1) is 0 Å². The number of carbonyl (C=O) groups excluding carboxylic acids is 2. The lowest BCUT2D eigenvalue weighted by Crippen LogP contribution is -2.42. The Hall–Kier alpha value is -3.80. The summed E-state index contributed by atoms with van der Waals surface area (Å²) in [5.74, 6) is 0.390. The van der Waals surface area contributed by atoms with Crippen LogP contribution in [0.15, 0.2) is 66.7 Å². The molecule has 6 nitrogen and oxygen atoms in total. The quantitative estimate of drug-likeness (QED) is 0.549. The van der Waals surface area contributed by atoms with Crippen molar-refractivity contribution in [2.24, 2.45) is 0 Å². The largest absolute Gasteiger partial charge is 0.449 e. The summed E-state index contributed by atoms with van der Waals surface area (Å²) in [5, 5.41) is 2.74. The number of nitrogens with one attached hydrogen (secondary N) is 1. The molecule has 0 aromatic heterocycles. The zero-order valence-electron chi connectivity index (χ0n) is 19.5. The van der Waals surface area contributed by atoms with Gasteiger partial charge in [-0.1, -0.05) is 54.6 Å². The van der Waals surface area contributed by atoms with Crippen LogP contribution in [-0.4, -0.2) is 30.3 Å². The molecule has 2 aliphatic rings. The first-order valence-corrected chi connectivity index (χ1v) is 11.4. The third-order valence-corrected chi connectivity index (χ3v) is 6.29. The lowest BCUT2D eigenvalue weighted by Gasteiger charge is -2.18. The summed E-state index contributed by atoms with van der Waals surface area (Å²) in [6.07, 6.45) is -0.278. The molecule has 1 N–H and O–H groups in total. The summed E-state index contributed by atoms with van der Waals surface area (Å²) in [6.45, 7) is 5.33. The van der Waals surface area contributed by atoms with Crippen molar-refractivity contribution in [1.29, 1.82) is 0 Å². The Morgan fingerprint density at radius 1 is 0.941 bits per heavy atom. The van der Waals surface area contributed by atoms with E-state index in [9.17, 15) is 9.59 Å². The van der Waals surface area contributed by atoms with E-state index in [2.05, 4.69) is 29.6 Å². The molecule has 1 aliphatic carbocycles. The normalized spacial score (nSPS) is 15.9. The van der Waals surface area contributed by atoms with Gasteiger partial charge in [0.15, 0.2) is 17.3 Å². The van der Waals surface area contributed by atoms with Gasteiger partial charge in [0, 0.05) is 19.8 Å². The topological polar surface area (TPSA) is 73.9 Å². The van der Waals surface area contributed by atoms with Gasteiger partial charge in [-0.2, -0.15) is 0 Å². The van der Waals surface area contributed by atoms with E-state index in [1.165, 1.54) is 18.1 Å². The summed E-state index contributed by atoms with van der Waals surface area (Å²) in [7, 11) is 0. The van der Waals surface area contributed by atoms with Crippen LogP contribution in [0.2, 0.25) is 0 Å². The summed E-state index contributed by atoms with van der Waals surface area (Å²) in [6, 6.07) is 21.2. The number of rotatable bonds is 6. The first-order chi connectivity index (χ1) is 16.3. The molecule has 1 aliphatic heterocycles. The highest BCUT2D eigenvalue weighted by atomic mass is 16.7. The molecular formula is C28H27NO5. The van der Waals surface area contributed by atoms with Crippen molar-refractivity contribution in [3.05, 3.63) is 83.4 Å². The summed E-state index contributed by atoms with van der Waals surface area (Å²) < 4.78 is 17.1. The third kappa shape index (κ3) is 4.23. The number of Topliss-reactive ketones (excluding diaryl/α,β-unsaturated/α-hetero) is 1. The average molecular weight is 458 g/mol. The second-order valence-corrected chi connectivity index (χ2v) is 9.22. The maximum Gasteiger partial charge on any atom is 0.407 e. The molecule has 3 aromatic rings. The molecule has 0 radical (unpaired) electrons. The smallest absolute Gasteiger partial charge is 0.407 e. The number of benzene rings is 3. The van der Waals surface area contributed by atoms with Crippen LogP contribution >= 0.6 is 0 Å². The van der Waals surface area contributed by atoms with Crippen LogP contribution in [0.1, 0.15) is 43.4 Å². The number of fused-ring (bicyclic) bond motifs is 4. The van der Waals surface area contributed by atoms with Gasteiger partial charge in [0.25, 0.3) is 0 Å². The van der Waals surface area contributed by atoms with Crippen molar-refractivity contribution in [1.82, 2.24) is 5.32 Å². The van der Waals surface area contributed by atoms with Gasteiger partial charge in [-0.05, 0) is 53.3 Å². The van der Waals surface area contributed by atoms with Crippen LogP contribution in [0.5, 0.6) is 11.5 Å². The molecule has 0 unspecified atom stereocenters. The Kier molecular flexibility index (Phi) is 5.52. The Morgan fingerprint density at radius 2 is 1.56 bits per heavy atom. The standard InChI is InChI=1S/C28H27NO5/c1-17(30)24(14-18-12-13-25-26(15-18)34-28(2,3)33-25)29-27(31)32-16-23-21-10-6-4-8-19(21)20-9-5-7-11-22(20)23/h4-13,15,23-24H,14,16H2,1-3H3,(H,29,31)/t24-/m0/s1. The van der Waals surface area contributed by atoms with Gasteiger partial charge >= 0.3 is 6.09 Å². The van der Waals surface area contributed by atoms with E-state index in [1.54, 1.807) is 0 Å². The molecule has 0 fully saturated rings. The molecule has 0 spiro atoms. The van der Waals surface area contributed by atoms with Crippen molar-refractivity contribution in [2.75, 3.05) is 6.61 Å². The predicted molar refractivity (Wildman–Crippen MR) is 128 cm³/mol. The van der Waals surface area contributed by atoms with Gasteiger partial charge < -0.3 is 19.5 Å². The number of alkyl carbamates (subject to hydrolysis) is 1. The summed E-state index contributed by atoms with van der Waals surface area (Å²) >= 11 is 0. The highest BCUT2D eigenvalue weighted by Crippen LogP contribution is 2.44. The molecule has 0 bridgehead atoms. The van der Waals surface area contributed by atoms with Crippen LogP contribution in [0.3, 0.4) is 0 Å². The maximum absolute atomic E-state index is 12.7. The van der Waals surface area contributed by atoms with Gasteiger partial charge in [-0.3, -0.25) is 4.79 Å². The number of ether oxygens (including phenoxy) is 3. The average Bonchev–Trinajstić information content (AvgIpc) is 3.29. The van der Waals surface area contributed by atoms with E-state index in [-0.39, 0.29) is 18.3 Å². The molecule has 0 saturated carbocycles. The Morgan fingerprint density at radius 3 is 2.21 bits per heavy atom. The van der Waals surface area contributed by atoms with E-state index < -0.39 is 17.9 Å². The van der Waals surface area contributed by atoms with Crippen molar-refractivity contribution in [2.45, 2.75) is 44.9 Å². The molecule has 174 valence electrons. The molecular weight excluding hydrogens is 430 g/mol. The van der Waals surface area contributed by atoms with Crippen molar-refractivity contribution < 1.29 is 23.8 Å². The minimum Gasteiger partial charge on any atom is -0.449 e. The zero-order valence-corrected chi connectivity index (χ0v) is 19.5. The van der Waals surface area contributed by atoms with E-state index in [4.69, 9.17) is 14.2 Å². The van der Waals surface area contributed by atoms with E-state index in [1.807, 2.05) is 56.3 Å².